The summed E-state index contributed by atoms with van der Waals surface area (Å²) >= 11 is 0. The normalized spacial score (nSPS) is 12.0. The molecule has 6 N–H and O–H groups in total. The number of allylic oxidation sites excluding steroid dienone is 2. The van der Waals surface area contributed by atoms with Gasteiger partial charge < -0.3 is 30.6 Å². The minimum Gasteiger partial charge on any atom is -0.507 e. The first-order chi connectivity index (χ1) is 23.2. The number of rotatable bonds is 10. The molecule has 50 heavy (non-hydrogen) atoms. The third-order valence-corrected chi connectivity index (χ3v) is 11.7. The van der Waals surface area contributed by atoms with Gasteiger partial charge in [0.25, 0.3) is 0 Å². The lowest BCUT2D eigenvalue weighted by Gasteiger charge is -2.17. The van der Waals surface area contributed by atoms with E-state index < -0.39 is 39.7 Å². The van der Waals surface area contributed by atoms with Crippen molar-refractivity contribution in [3.8, 4) is 11.5 Å². The van der Waals surface area contributed by atoms with Gasteiger partial charge in [0.15, 0.2) is 11.6 Å². The number of hydrogen-bond acceptors (Lipinski definition) is 8. The first-order valence-electron chi connectivity index (χ1n) is 15.4. The van der Waals surface area contributed by atoms with Crippen molar-refractivity contribution in [2.45, 2.75) is 39.3 Å². The summed E-state index contributed by atoms with van der Waals surface area (Å²) in [5.74, 6) is -4.03. The second-order valence-electron chi connectivity index (χ2n) is 13.5. The second kappa shape index (κ2) is 15.7. The minimum atomic E-state index is -1.66. The lowest BCUT2D eigenvalue weighted by molar-refractivity contribution is 0.0686. The van der Waals surface area contributed by atoms with Crippen LogP contribution in [0.1, 0.15) is 52.6 Å². The summed E-state index contributed by atoms with van der Waals surface area (Å²) in [6.07, 6.45) is 2.04. The molecular weight excluding hydrogens is 673 g/mol. The molecule has 0 aromatic heterocycles. The van der Waals surface area contributed by atoms with Crippen molar-refractivity contribution >= 4 is 61.5 Å². The van der Waals surface area contributed by atoms with Gasteiger partial charge in [-0.15, -0.1) is 0 Å². The first kappa shape index (κ1) is 38.7. The number of ketones is 2. The van der Waals surface area contributed by atoms with Crippen LogP contribution in [0.5, 0.6) is 11.5 Å². The van der Waals surface area contributed by atoms with E-state index in [1.165, 1.54) is 54.6 Å². The van der Waals surface area contributed by atoms with Crippen molar-refractivity contribution in [3.05, 3.63) is 130 Å². The average Bonchev–Trinajstić information content (AvgIpc) is 3.04. The van der Waals surface area contributed by atoms with Gasteiger partial charge in [-0.3, -0.25) is 9.59 Å². The third-order valence-electron chi connectivity index (χ3n) is 7.65. The van der Waals surface area contributed by atoms with Crippen LogP contribution in [0, 0.1) is 0 Å². The number of benzene rings is 4. The van der Waals surface area contributed by atoms with E-state index in [-0.39, 0.29) is 45.3 Å². The number of aromatic hydroxyl groups is 2. The molecule has 0 bridgehead atoms. The predicted molar refractivity (Wildman–Crippen MR) is 199 cm³/mol. The molecule has 260 valence electrons. The van der Waals surface area contributed by atoms with Gasteiger partial charge in [0.05, 0.1) is 38.4 Å². The van der Waals surface area contributed by atoms with Crippen molar-refractivity contribution in [3.63, 3.8) is 0 Å². The van der Waals surface area contributed by atoms with Crippen molar-refractivity contribution in [2.24, 2.45) is 0 Å². The lowest BCUT2D eigenvalue weighted by atomic mass is 10.1. The molecule has 0 aliphatic heterocycles. The highest BCUT2D eigenvalue weighted by atomic mass is 28.3. The van der Waals surface area contributed by atoms with E-state index in [1.807, 2.05) is 12.1 Å². The van der Waals surface area contributed by atoms with Crippen molar-refractivity contribution in [2.75, 3.05) is 0 Å². The highest BCUT2D eigenvalue weighted by Gasteiger charge is 2.21. The number of carboxylic acid groups (broad SMARTS) is 2. The first-order valence-corrected chi connectivity index (χ1v) is 22.4. The van der Waals surface area contributed by atoms with E-state index in [4.69, 9.17) is 10.2 Å². The summed E-state index contributed by atoms with van der Waals surface area (Å²) in [7, 11) is -3.26. The average molecular weight is 713 g/mol. The Hall–Kier alpha value is -5.73. The van der Waals surface area contributed by atoms with Gasteiger partial charge in [-0.05, 0) is 48.5 Å². The van der Waals surface area contributed by atoms with Gasteiger partial charge in [0.1, 0.15) is 23.0 Å². The Balaban J connectivity index is 0.000000270. The number of carboxylic acids is 2. The number of phenolic OH excluding ortho intramolecular Hbond substituents is 2. The largest absolute Gasteiger partial charge is 0.507 e. The molecule has 0 amide bonds. The van der Waals surface area contributed by atoms with Crippen molar-refractivity contribution in [1.29, 1.82) is 0 Å². The number of aromatic carboxylic acids is 2. The molecule has 0 aliphatic rings. The molecule has 4 aromatic carbocycles. The maximum absolute atomic E-state index is 12.4. The maximum Gasteiger partial charge on any atom is 0.335 e. The SMILES string of the molecule is C[Si](C)(C)c1ccc(C(=O)C=C(O)c2ccc(C(=O)O)cc2)c(O)c1.C[Si](C)(C)c1ccc(O)c(C(=O)C=C(O)c2ccc(C(=O)O)cc2)c1. The van der Waals surface area contributed by atoms with Crippen LogP contribution in [0.15, 0.2) is 97.1 Å². The number of phenols is 2. The van der Waals surface area contributed by atoms with Crippen LogP contribution in [0.2, 0.25) is 39.3 Å². The third kappa shape index (κ3) is 10.1. The summed E-state index contributed by atoms with van der Waals surface area (Å²) in [6, 6.07) is 21.0. The zero-order chi connectivity index (χ0) is 37.6. The van der Waals surface area contributed by atoms with Gasteiger partial charge in [-0.2, -0.15) is 0 Å². The Bertz CT molecular complexity index is 1980. The van der Waals surface area contributed by atoms with Crippen LogP contribution >= 0.6 is 0 Å². The van der Waals surface area contributed by atoms with Crippen molar-refractivity contribution < 1.29 is 49.8 Å². The fraction of sp³-hybridized carbons (Fsp3) is 0.158. The molecule has 0 spiro atoms. The second-order valence-corrected chi connectivity index (χ2v) is 23.7. The number of aliphatic hydroxyl groups excluding tert-OH is 2. The number of aliphatic hydroxyl groups is 2. The van der Waals surface area contributed by atoms with E-state index >= 15 is 0 Å². The quantitative estimate of drug-likeness (QED) is 0.0440. The molecule has 4 rings (SSSR count). The smallest absolute Gasteiger partial charge is 0.335 e. The van der Waals surface area contributed by atoms with Gasteiger partial charge in [0, 0.05) is 23.3 Å². The Morgan fingerprint density at radius 2 is 0.820 bits per heavy atom. The van der Waals surface area contributed by atoms with Crippen LogP contribution in [-0.2, 0) is 0 Å². The number of hydrogen-bond donors (Lipinski definition) is 6. The van der Waals surface area contributed by atoms with Crippen molar-refractivity contribution in [1.82, 2.24) is 0 Å². The van der Waals surface area contributed by atoms with Gasteiger partial charge >= 0.3 is 11.9 Å². The molecule has 0 saturated heterocycles. The van der Waals surface area contributed by atoms with E-state index in [9.17, 15) is 39.6 Å². The van der Waals surface area contributed by atoms with Crippen LogP contribution < -0.4 is 10.4 Å². The Morgan fingerprint density at radius 1 is 0.460 bits per heavy atom. The summed E-state index contributed by atoms with van der Waals surface area (Å²) in [6.45, 7) is 12.8. The molecule has 12 heteroatoms. The molecule has 0 fully saturated rings. The highest BCUT2D eigenvalue weighted by Crippen LogP contribution is 2.22. The van der Waals surface area contributed by atoms with E-state index in [1.54, 1.807) is 18.2 Å². The Labute approximate surface area is 292 Å². The van der Waals surface area contributed by atoms with Gasteiger partial charge in [-0.1, -0.05) is 86.1 Å². The Morgan fingerprint density at radius 3 is 1.20 bits per heavy atom. The zero-order valence-corrected chi connectivity index (χ0v) is 30.6. The van der Waals surface area contributed by atoms with Gasteiger partial charge in [-0.25, -0.2) is 9.59 Å². The maximum atomic E-state index is 12.4. The van der Waals surface area contributed by atoms with Crippen LogP contribution in [0.4, 0.5) is 0 Å². The molecule has 0 unspecified atom stereocenters. The molecule has 4 aromatic rings. The summed E-state index contributed by atoms with van der Waals surface area (Å²) in [5, 5.41) is 60.1. The fourth-order valence-electron chi connectivity index (χ4n) is 4.54. The molecular formula is C38H40O10Si2. The molecule has 0 atom stereocenters. The molecule has 0 heterocycles. The zero-order valence-electron chi connectivity index (χ0n) is 28.6. The van der Waals surface area contributed by atoms with E-state index in [0.717, 1.165) is 22.5 Å². The monoisotopic (exact) mass is 712 g/mol. The molecule has 0 saturated carbocycles. The van der Waals surface area contributed by atoms with Gasteiger partial charge in [0.2, 0.25) is 0 Å². The summed E-state index contributed by atoms with van der Waals surface area (Å²) in [5.41, 5.74) is 1.05. The predicted octanol–water partition coefficient (Wildman–Crippen LogP) is 6.83. The molecule has 0 aliphatic carbocycles. The number of carbonyl (C=O) groups excluding carboxylic acids is 2. The Kier molecular flexibility index (Phi) is 12.1. The topological polar surface area (TPSA) is 190 Å². The molecule has 0 radical (unpaired) electrons. The van der Waals surface area contributed by atoms with Crippen LogP contribution in [0.3, 0.4) is 0 Å². The number of carbonyl (C=O) groups is 4. The minimum absolute atomic E-state index is 0.0856. The standard InChI is InChI=1S/2C19H20O5Si/c1-25(2,3)14-8-9-16(20)15(10-14)18(22)11-17(21)12-4-6-13(7-5-12)19(23)24;1-25(2,3)14-8-9-15(17(21)10-14)18(22)11-16(20)12-4-6-13(7-5-12)19(23)24/h2*4-11,20-21H,1-3H3,(H,23,24). The van der Waals surface area contributed by atoms with E-state index in [0.29, 0.717) is 11.1 Å². The van der Waals surface area contributed by atoms with E-state index in [2.05, 4.69) is 39.3 Å². The summed E-state index contributed by atoms with van der Waals surface area (Å²) < 4.78 is 0. The highest BCUT2D eigenvalue weighted by molar-refractivity contribution is 6.89. The van der Waals surface area contributed by atoms with Crippen LogP contribution in [-0.4, -0.2) is 70.3 Å². The fourth-order valence-corrected chi connectivity index (χ4v) is 6.86. The summed E-state index contributed by atoms with van der Waals surface area (Å²) in [4.78, 5) is 46.4. The molecule has 10 nitrogen and oxygen atoms in total. The lowest BCUT2D eigenvalue weighted by Crippen LogP contribution is -2.37. The van der Waals surface area contributed by atoms with Crippen LogP contribution in [0.25, 0.3) is 11.5 Å².